The maximum atomic E-state index is 5.50. The number of rotatable bonds is 2. The quantitative estimate of drug-likeness (QED) is 0.741. The fourth-order valence-electron chi connectivity index (χ4n) is 2.91. The highest BCUT2D eigenvalue weighted by molar-refractivity contribution is 9.10. The van der Waals surface area contributed by atoms with Crippen LogP contribution in [0.3, 0.4) is 0 Å². The highest BCUT2D eigenvalue weighted by atomic mass is 79.9. The van der Waals surface area contributed by atoms with Crippen molar-refractivity contribution < 1.29 is 0 Å². The van der Waals surface area contributed by atoms with E-state index in [1.165, 1.54) is 36.9 Å². The fourth-order valence-corrected chi connectivity index (χ4v) is 3.66. The lowest BCUT2D eigenvalue weighted by Gasteiger charge is -2.09. The first-order valence-electron chi connectivity index (χ1n) is 6.73. The van der Waals surface area contributed by atoms with Crippen LogP contribution in [0, 0.1) is 11.6 Å². The van der Waals surface area contributed by atoms with Crippen LogP contribution in [-0.4, -0.2) is 9.78 Å². The zero-order valence-electron chi connectivity index (χ0n) is 10.9. The largest absolute Gasteiger partial charge is 0.297 e. The molecule has 0 atom stereocenters. The predicted octanol–water partition coefficient (Wildman–Crippen LogP) is 5.26. The van der Waals surface area contributed by atoms with Crippen LogP contribution in [0.25, 0.3) is 5.69 Å². The molecule has 100 valence electrons. The van der Waals surface area contributed by atoms with Crippen molar-refractivity contribution in [1.82, 2.24) is 9.78 Å². The van der Waals surface area contributed by atoms with E-state index in [9.17, 15) is 0 Å². The van der Waals surface area contributed by atoms with Crippen molar-refractivity contribution in [2.45, 2.75) is 38.5 Å². The summed E-state index contributed by atoms with van der Waals surface area (Å²) < 4.78 is 4.00. The van der Waals surface area contributed by atoms with E-state index in [-0.39, 0.29) is 0 Å². The molecular formula is C15H17BrN2S. The first-order chi connectivity index (χ1) is 9.15. The molecule has 1 aromatic heterocycles. The Morgan fingerprint density at radius 2 is 2.00 bits per heavy atom. The molecule has 0 spiro atoms. The van der Waals surface area contributed by atoms with E-state index in [4.69, 9.17) is 12.2 Å². The second-order valence-electron chi connectivity index (χ2n) is 5.30. The predicted molar refractivity (Wildman–Crippen MR) is 84.6 cm³/mol. The van der Waals surface area contributed by atoms with E-state index >= 15 is 0 Å². The van der Waals surface area contributed by atoms with Gasteiger partial charge < -0.3 is 0 Å². The van der Waals surface area contributed by atoms with Gasteiger partial charge in [-0.1, -0.05) is 41.0 Å². The summed E-state index contributed by atoms with van der Waals surface area (Å²) in [6.07, 6.45) is 5.25. The maximum absolute atomic E-state index is 5.50. The first kappa shape index (κ1) is 13.1. The molecule has 0 bridgehead atoms. The lowest BCUT2D eigenvalue weighted by Crippen LogP contribution is -2.01. The van der Waals surface area contributed by atoms with Crippen molar-refractivity contribution in [3.05, 3.63) is 44.6 Å². The summed E-state index contributed by atoms with van der Waals surface area (Å²) in [5.74, 6) is 0.665. The molecule has 19 heavy (non-hydrogen) atoms. The fraction of sp³-hybridized carbons (Fsp3) is 0.400. The van der Waals surface area contributed by atoms with Crippen LogP contribution in [0.1, 0.15) is 42.9 Å². The number of nitrogens with one attached hydrogen (secondary N) is 1. The van der Waals surface area contributed by atoms with Crippen LogP contribution in [0.15, 0.2) is 28.7 Å². The van der Waals surface area contributed by atoms with Gasteiger partial charge in [-0.2, -0.15) is 0 Å². The number of H-pyrrole nitrogens is 1. The van der Waals surface area contributed by atoms with E-state index in [2.05, 4.69) is 52.2 Å². The highest BCUT2D eigenvalue weighted by Gasteiger charge is 2.19. The molecule has 1 fully saturated rings. The van der Waals surface area contributed by atoms with Crippen LogP contribution >= 0.6 is 28.1 Å². The van der Waals surface area contributed by atoms with Crippen LogP contribution in [-0.2, 0) is 0 Å². The maximum Gasteiger partial charge on any atom is 0.127 e. The summed E-state index contributed by atoms with van der Waals surface area (Å²) in [5.41, 5.74) is 3.65. The van der Waals surface area contributed by atoms with Gasteiger partial charge in [0.2, 0.25) is 0 Å². The Hall–Kier alpha value is -0.870. The molecule has 4 heteroatoms. The Morgan fingerprint density at radius 3 is 2.68 bits per heavy atom. The van der Waals surface area contributed by atoms with E-state index in [0.29, 0.717) is 5.92 Å². The van der Waals surface area contributed by atoms with E-state index in [0.717, 1.165) is 14.8 Å². The molecule has 1 saturated carbocycles. The molecule has 1 aliphatic rings. The SMILES string of the molecule is Cc1cc(Br)ccc1-n1[nH]c(C2CCCC2)cc1=S. The minimum absolute atomic E-state index is 0.665. The first-order valence-corrected chi connectivity index (χ1v) is 7.94. The molecule has 0 amide bonds. The summed E-state index contributed by atoms with van der Waals surface area (Å²) in [6, 6.07) is 8.41. The summed E-state index contributed by atoms with van der Waals surface area (Å²) in [4.78, 5) is 0. The van der Waals surface area contributed by atoms with Gasteiger partial charge in [-0.15, -0.1) is 0 Å². The van der Waals surface area contributed by atoms with Gasteiger partial charge in [-0.25, -0.2) is 4.68 Å². The monoisotopic (exact) mass is 336 g/mol. The summed E-state index contributed by atoms with van der Waals surface area (Å²) >= 11 is 9.00. The van der Waals surface area contributed by atoms with Crippen LogP contribution in [0.5, 0.6) is 0 Å². The molecule has 1 aromatic carbocycles. The Bertz CT molecular complexity index is 650. The van der Waals surface area contributed by atoms with Crippen molar-refractivity contribution in [2.24, 2.45) is 0 Å². The molecule has 0 aliphatic heterocycles. The number of aryl methyl sites for hydroxylation is 1. The molecule has 0 saturated heterocycles. The molecule has 2 nitrogen and oxygen atoms in total. The van der Waals surface area contributed by atoms with Crippen molar-refractivity contribution >= 4 is 28.1 Å². The minimum atomic E-state index is 0.665. The van der Waals surface area contributed by atoms with Crippen molar-refractivity contribution in [3.63, 3.8) is 0 Å². The lowest BCUT2D eigenvalue weighted by atomic mass is 10.1. The molecule has 0 unspecified atom stereocenters. The lowest BCUT2D eigenvalue weighted by molar-refractivity contribution is 0.677. The molecule has 2 aromatic rings. The smallest absolute Gasteiger partial charge is 0.127 e. The topological polar surface area (TPSA) is 20.7 Å². The summed E-state index contributed by atoms with van der Waals surface area (Å²) in [6.45, 7) is 2.11. The molecular weight excluding hydrogens is 320 g/mol. The van der Waals surface area contributed by atoms with Gasteiger partial charge >= 0.3 is 0 Å². The van der Waals surface area contributed by atoms with E-state index in [1.54, 1.807) is 0 Å². The van der Waals surface area contributed by atoms with Crippen molar-refractivity contribution in [2.75, 3.05) is 0 Å². The molecule has 1 aliphatic carbocycles. The molecule has 1 N–H and O–H groups in total. The normalized spacial score (nSPS) is 16.1. The van der Waals surface area contributed by atoms with Gasteiger partial charge in [0.15, 0.2) is 0 Å². The zero-order valence-corrected chi connectivity index (χ0v) is 13.4. The number of benzene rings is 1. The Kier molecular flexibility index (Phi) is 3.63. The number of aromatic nitrogens is 2. The van der Waals surface area contributed by atoms with E-state index in [1.807, 2.05) is 4.68 Å². The average Bonchev–Trinajstić information content (AvgIpc) is 2.98. The van der Waals surface area contributed by atoms with Crippen LogP contribution < -0.4 is 0 Å². The van der Waals surface area contributed by atoms with Crippen LogP contribution in [0.2, 0.25) is 0 Å². The summed E-state index contributed by atoms with van der Waals surface area (Å²) in [5, 5.41) is 3.50. The van der Waals surface area contributed by atoms with Gasteiger partial charge in [0.25, 0.3) is 0 Å². The Balaban J connectivity index is 2.03. The molecule has 0 radical (unpaired) electrons. The highest BCUT2D eigenvalue weighted by Crippen LogP contribution is 2.33. The second-order valence-corrected chi connectivity index (χ2v) is 6.63. The third-order valence-corrected chi connectivity index (χ3v) is 4.73. The van der Waals surface area contributed by atoms with Gasteiger partial charge in [-0.05, 0) is 49.6 Å². The number of halogens is 1. The number of aromatic amines is 1. The van der Waals surface area contributed by atoms with Crippen molar-refractivity contribution in [3.8, 4) is 5.69 Å². The summed E-state index contributed by atoms with van der Waals surface area (Å²) in [7, 11) is 0. The number of hydrogen-bond acceptors (Lipinski definition) is 1. The third-order valence-electron chi connectivity index (χ3n) is 3.94. The van der Waals surface area contributed by atoms with Gasteiger partial charge in [0.05, 0.1) is 5.69 Å². The number of hydrogen-bond donors (Lipinski definition) is 1. The Labute approximate surface area is 127 Å². The van der Waals surface area contributed by atoms with Crippen LogP contribution in [0.4, 0.5) is 0 Å². The van der Waals surface area contributed by atoms with Gasteiger partial charge in [0.1, 0.15) is 4.64 Å². The second kappa shape index (κ2) is 5.25. The van der Waals surface area contributed by atoms with Crippen molar-refractivity contribution in [1.29, 1.82) is 0 Å². The molecule has 3 rings (SSSR count). The van der Waals surface area contributed by atoms with E-state index < -0.39 is 0 Å². The number of nitrogens with zero attached hydrogens (tertiary/aromatic N) is 1. The zero-order chi connectivity index (χ0) is 13.4. The van der Waals surface area contributed by atoms with Gasteiger partial charge in [-0.3, -0.25) is 5.10 Å². The Morgan fingerprint density at radius 1 is 1.26 bits per heavy atom. The average molecular weight is 337 g/mol. The third kappa shape index (κ3) is 2.56. The molecule has 1 heterocycles. The minimum Gasteiger partial charge on any atom is -0.297 e. The van der Waals surface area contributed by atoms with Gasteiger partial charge in [0, 0.05) is 16.1 Å². The standard InChI is InChI=1S/C15H17BrN2S/c1-10-8-12(16)6-7-14(10)18-15(19)9-13(17-18)11-4-2-3-5-11/h6-9,11,17H,2-5H2,1H3.